The molecule has 2 rings (SSSR count). The van der Waals surface area contributed by atoms with Gasteiger partial charge in [-0.1, -0.05) is 28.1 Å². The number of nitrogens with zero attached hydrogens (tertiary/aromatic N) is 1. The summed E-state index contributed by atoms with van der Waals surface area (Å²) in [6.45, 7) is 4.39. The molecule has 11 heteroatoms. The van der Waals surface area contributed by atoms with Crippen LogP contribution in [0.5, 0.6) is 0 Å². The predicted molar refractivity (Wildman–Crippen MR) is 115 cm³/mol. The summed E-state index contributed by atoms with van der Waals surface area (Å²) < 4.78 is 27.4. The van der Waals surface area contributed by atoms with Crippen molar-refractivity contribution in [1.29, 1.82) is 5.26 Å². The zero-order valence-electron chi connectivity index (χ0n) is 18.5. The van der Waals surface area contributed by atoms with E-state index in [1.165, 1.54) is 13.8 Å². The van der Waals surface area contributed by atoms with E-state index in [2.05, 4.69) is 22.0 Å². The van der Waals surface area contributed by atoms with Crippen LogP contribution in [0.15, 0.2) is 18.2 Å². The second-order valence-corrected chi connectivity index (χ2v) is 7.84. The van der Waals surface area contributed by atoms with Crippen LogP contribution >= 0.6 is 15.9 Å². The first-order valence-corrected chi connectivity index (χ1v) is 11.1. The van der Waals surface area contributed by atoms with Crippen molar-refractivity contribution < 1.29 is 42.9 Å². The van der Waals surface area contributed by atoms with E-state index in [-0.39, 0.29) is 6.61 Å². The minimum absolute atomic E-state index is 0.310. The lowest BCUT2D eigenvalue weighted by Crippen LogP contribution is -2.59. The molecule has 178 valence electrons. The molecule has 1 aliphatic heterocycles. The Balaban J connectivity index is 2.61. The number of alkyl halides is 1. The number of nitriles is 1. The van der Waals surface area contributed by atoms with Gasteiger partial charge in [0, 0.05) is 33.0 Å². The molecule has 0 N–H and O–H groups in total. The van der Waals surface area contributed by atoms with Crippen molar-refractivity contribution in [3.63, 3.8) is 0 Å². The van der Waals surface area contributed by atoms with Crippen LogP contribution in [0.1, 0.15) is 50.5 Å². The molecular formula is C22H24BrNO9. The Labute approximate surface area is 199 Å². The fourth-order valence-electron chi connectivity index (χ4n) is 3.51. The summed E-state index contributed by atoms with van der Waals surface area (Å²) in [6.07, 6.45) is -5.70. The molecule has 1 fully saturated rings. The van der Waals surface area contributed by atoms with E-state index in [0.717, 1.165) is 13.8 Å². The van der Waals surface area contributed by atoms with Gasteiger partial charge in [-0.15, -0.1) is 0 Å². The van der Waals surface area contributed by atoms with E-state index in [0.29, 0.717) is 22.0 Å². The molecular weight excluding hydrogens is 502 g/mol. The fourth-order valence-corrected chi connectivity index (χ4v) is 3.97. The summed E-state index contributed by atoms with van der Waals surface area (Å²) >= 11 is 3.34. The van der Waals surface area contributed by atoms with E-state index in [9.17, 15) is 24.4 Å². The number of benzene rings is 1. The molecule has 0 aliphatic carbocycles. The van der Waals surface area contributed by atoms with Crippen molar-refractivity contribution in [1.82, 2.24) is 0 Å². The standard InChI is InChI=1S/C22H24BrNO9/c1-11(25)29-10-18-20(30-12(2)26)22(32-14(4)28)21(31-13(3)27)19(33-18)15-5-6-16(9-24)17(7-15)8-23/h5-7,18-22H,8,10H2,1-4H3/t18-,19+,20-,21+,22+/m1/s1. The van der Waals surface area contributed by atoms with Crippen LogP contribution in [0.25, 0.3) is 0 Å². The molecule has 10 nitrogen and oxygen atoms in total. The predicted octanol–water partition coefficient (Wildman–Crippen LogP) is 2.25. The molecule has 1 heterocycles. The second kappa shape index (κ2) is 11.8. The van der Waals surface area contributed by atoms with E-state index in [1.807, 2.05) is 0 Å². The van der Waals surface area contributed by atoms with Crippen molar-refractivity contribution in [2.45, 2.75) is 63.5 Å². The average Bonchev–Trinajstić information content (AvgIpc) is 2.73. The van der Waals surface area contributed by atoms with Gasteiger partial charge >= 0.3 is 23.9 Å². The third-order valence-corrected chi connectivity index (χ3v) is 5.32. The third-order valence-electron chi connectivity index (χ3n) is 4.71. The number of carbonyl (C=O) groups excluding carboxylic acids is 4. The molecule has 5 atom stereocenters. The SMILES string of the molecule is CC(=O)OC[C@H]1O[C@@H](c2ccc(C#N)c(CBr)c2)[C@H](OC(C)=O)[C@@H](OC(C)=O)[C@@H]1OC(C)=O. The van der Waals surface area contributed by atoms with Gasteiger partial charge in [-0.3, -0.25) is 19.2 Å². The molecule has 0 unspecified atom stereocenters. The third kappa shape index (κ3) is 7.00. The molecule has 0 amide bonds. The van der Waals surface area contributed by atoms with Crippen molar-refractivity contribution in [3.8, 4) is 6.07 Å². The highest BCUT2D eigenvalue weighted by Crippen LogP contribution is 2.38. The number of halogens is 1. The lowest BCUT2D eigenvalue weighted by Gasteiger charge is -2.44. The van der Waals surface area contributed by atoms with Gasteiger partial charge in [0.05, 0.1) is 11.6 Å². The normalized spacial score (nSPS) is 24.2. The molecule has 0 radical (unpaired) electrons. The van der Waals surface area contributed by atoms with Crippen LogP contribution < -0.4 is 0 Å². The van der Waals surface area contributed by atoms with E-state index in [1.54, 1.807) is 18.2 Å². The first-order chi connectivity index (χ1) is 15.6. The quantitative estimate of drug-likeness (QED) is 0.295. The first-order valence-electron chi connectivity index (χ1n) is 9.96. The highest BCUT2D eigenvalue weighted by molar-refractivity contribution is 9.08. The smallest absolute Gasteiger partial charge is 0.303 e. The number of rotatable bonds is 7. The van der Waals surface area contributed by atoms with Crippen molar-refractivity contribution in [2.75, 3.05) is 6.61 Å². The first kappa shape index (κ1) is 26.3. The van der Waals surface area contributed by atoms with Gasteiger partial charge in [0.25, 0.3) is 0 Å². The van der Waals surface area contributed by atoms with Gasteiger partial charge in [0.15, 0.2) is 18.3 Å². The Kier molecular flexibility index (Phi) is 9.37. The van der Waals surface area contributed by atoms with Crippen molar-refractivity contribution in [3.05, 3.63) is 34.9 Å². The van der Waals surface area contributed by atoms with Gasteiger partial charge in [0.2, 0.25) is 0 Å². The summed E-state index contributed by atoms with van der Waals surface area (Å²) in [5, 5.41) is 9.69. The summed E-state index contributed by atoms with van der Waals surface area (Å²) in [6, 6.07) is 6.97. The largest absolute Gasteiger partial charge is 0.463 e. The zero-order chi connectivity index (χ0) is 24.7. The van der Waals surface area contributed by atoms with Crippen LogP contribution in [-0.4, -0.2) is 54.9 Å². The van der Waals surface area contributed by atoms with E-state index < -0.39 is 54.4 Å². The van der Waals surface area contributed by atoms with Crippen molar-refractivity contribution >= 4 is 39.8 Å². The second-order valence-electron chi connectivity index (χ2n) is 7.28. The maximum Gasteiger partial charge on any atom is 0.303 e. The Hall–Kier alpha value is -2.97. The Morgan fingerprint density at radius 1 is 0.939 bits per heavy atom. The summed E-state index contributed by atoms with van der Waals surface area (Å²) in [5.74, 6) is -2.68. The topological polar surface area (TPSA) is 138 Å². The number of hydrogen-bond donors (Lipinski definition) is 0. The average molecular weight is 526 g/mol. The van der Waals surface area contributed by atoms with Gasteiger partial charge in [0.1, 0.15) is 18.8 Å². The summed E-state index contributed by atoms with van der Waals surface area (Å²) in [4.78, 5) is 47.0. The lowest BCUT2D eigenvalue weighted by molar-refractivity contribution is -0.254. The van der Waals surface area contributed by atoms with E-state index in [4.69, 9.17) is 23.7 Å². The molecule has 0 bridgehead atoms. The summed E-state index contributed by atoms with van der Waals surface area (Å²) in [7, 11) is 0. The number of esters is 4. The van der Waals surface area contributed by atoms with Gasteiger partial charge in [-0.2, -0.15) is 5.26 Å². The number of carbonyl (C=O) groups is 4. The molecule has 1 aromatic rings. The van der Waals surface area contributed by atoms with E-state index >= 15 is 0 Å². The Morgan fingerprint density at radius 2 is 1.52 bits per heavy atom. The minimum Gasteiger partial charge on any atom is -0.463 e. The van der Waals surface area contributed by atoms with Crippen LogP contribution in [0, 0.1) is 11.3 Å². The molecule has 1 saturated heterocycles. The fraction of sp³-hybridized carbons (Fsp3) is 0.500. The number of ether oxygens (including phenoxy) is 5. The van der Waals surface area contributed by atoms with Crippen LogP contribution in [-0.2, 0) is 48.2 Å². The van der Waals surface area contributed by atoms with Gasteiger partial charge in [-0.05, 0) is 17.2 Å². The van der Waals surface area contributed by atoms with Gasteiger partial charge in [-0.25, -0.2) is 0 Å². The molecule has 0 saturated carbocycles. The Bertz CT molecular complexity index is 958. The van der Waals surface area contributed by atoms with Gasteiger partial charge < -0.3 is 23.7 Å². The Morgan fingerprint density at radius 3 is 2.03 bits per heavy atom. The highest BCUT2D eigenvalue weighted by atomic mass is 79.9. The van der Waals surface area contributed by atoms with Crippen LogP contribution in [0.2, 0.25) is 0 Å². The number of hydrogen-bond acceptors (Lipinski definition) is 10. The zero-order valence-corrected chi connectivity index (χ0v) is 20.1. The maximum absolute atomic E-state index is 11.9. The highest BCUT2D eigenvalue weighted by Gasteiger charge is 2.52. The summed E-state index contributed by atoms with van der Waals surface area (Å²) in [5.41, 5.74) is 1.60. The monoisotopic (exact) mass is 525 g/mol. The van der Waals surface area contributed by atoms with Crippen LogP contribution in [0.4, 0.5) is 0 Å². The van der Waals surface area contributed by atoms with Crippen molar-refractivity contribution in [2.24, 2.45) is 0 Å². The maximum atomic E-state index is 11.9. The molecule has 1 aliphatic rings. The minimum atomic E-state index is -1.25. The van der Waals surface area contributed by atoms with Crippen LogP contribution in [0.3, 0.4) is 0 Å². The lowest BCUT2D eigenvalue weighted by atomic mass is 9.89. The molecule has 1 aromatic carbocycles. The molecule has 0 spiro atoms. The molecule has 0 aromatic heterocycles. The molecule has 33 heavy (non-hydrogen) atoms.